The third-order valence-electron chi connectivity index (χ3n) is 8.85. The molecule has 5 atom stereocenters. The molecule has 37 heavy (non-hydrogen) atoms. The van der Waals surface area contributed by atoms with Crippen LogP contribution in [0.4, 0.5) is 13.2 Å². The highest BCUT2D eigenvalue weighted by molar-refractivity contribution is 5.87. The number of hydrogen-bond donors (Lipinski definition) is 2. The van der Waals surface area contributed by atoms with Crippen LogP contribution in [0.3, 0.4) is 0 Å². The van der Waals surface area contributed by atoms with Gasteiger partial charge < -0.3 is 30.2 Å². The Morgan fingerprint density at radius 3 is 2.95 bits per heavy atom. The van der Waals surface area contributed by atoms with Crippen molar-refractivity contribution < 1.29 is 32.6 Å². The van der Waals surface area contributed by atoms with Gasteiger partial charge in [-0.1, -0.05) is 5.16 Å². The van der Waals surface area contributed by atoms with Gasteiger partial charge in [-0.15, -0.1) is 0 Å². The average molecular weight is 526 g/mol. The van der Waals surface area contributed by atoms with Crippen molar-refractivity contribution in [1.82, 2.24) is 14.8 Å². The Morgan fingerprint density at radius 2 is 2.22 bits per heavy atom. The normalized spacial score (nSPS) is 32.4. The molecule has 4 heterocycles. The molecule has 9 nitrogen and oxygen atoms in total. The Balaban J connectivity index is 1.37. The first kappa shape index (κ1) is 26.0. The van der Waals surface area contributed by atoms with Crippen LogP contribution < -0.4 is 5.73 Å². The lowest BCUT2D eigenvalue weighted by atomic mass is 9.78. The highest BCUT2D eigenvalue weighted by Crippen LogP contribution is 2.54. The van der Waals surface area contributed by atoms with Gasteiger partial charge in [0.05, 0.1) is 23.7 Å². The van der Waals surface area contributed by atoms with E-state index in [1.165, 1.54) is 0 Å². The fourth-order valence-corrected chi connectivity index (χ4v) is 7.04. The average Bonchev–Trinajstić information content (AvgIpc) is 3.41. The molecule has 1 aromatic rings. The standard InChI is InChI=1S/C25H34F3N5O4/c1-36-21-13-37-5-3-16(21)6-15-7-19-12-33(23(29)31-35)14-24(19,9-15)22(34)32-4-2-20-17(11-32)8-18(10-30-20)25(26,27)28/h8,10,15-16,19,21,35H,2-7,9,11-14H2,1H3,(H2,29,31)/t15-,16?,19+,21?,24+/m1/s1. The van der Waals surface area contributed by atoms with Crippen LogP contribution in [-0.4, -0.2) is 77.9 Å². The zero-order chi connectivity index (χ0) is 26.4. The van der Waals surface area contributed by atoms with E-state index < -0.39 is 17.2 Å². The summed E-state index contributed by atoms with van der Waals surface area (Å²) in [6.45, 7) is 2.60. The van der Waals surface area contributed by atoms with Gasteiger partial charge in [0.15, 0.2) is 0 Å². The van der Waals surface area contributed by atoms with E-state index in [1.54, 1.807) is 16.9 Å². The van der Waals surface area contributed by atoms with E-state index in [2.05, 4.69) is 10.1 Å². The summed E-state index contributed by atoms with van der Waals surface area (Å²) in [6, 6.07) is 1.11. The van der Waals surface area contributed by atoms with Gasteiger partial charge >= 0.3 is 6.18 Å². The van der Waals surface area contributed by atoms with Gasteiger partial charge in [-0.3, -0.25) is 9.78 Å². The molecule has 0 aromatic carbocycles. The maximum absolute atomic E-state index is 14.2. The molecular weight excluding hydrogens is 491 g/mol. The molecule has 0 radical (unpaired) electrons. The summed E-state index contributed by atoms with van der Waals surface area (Å²) in [6.07, 6.45) is 0.139. The van der Waals surface area contributed by atoms with Crippen LogP contribution in [-0.2, 0) is 33.4 Å². The molecule has 2 unspecified atom stereocenters. The molecule has 12 heteroatoms. The molecule has 3 N–H and O–H groups in total. The predicted molar refractivity (Wildman–Crippen MR) is 126 cm³/mol. The van der Waals surface area contributed by atoms with E-state index in [4.69, 9.17) is 15.2 Å². The Hall–Kier alpha value is -2.60. The number of alkyl halides is 3. The molecule has 3 aliphatic heterocycles. The number of nitrogens with two attached hydrogens (primary N) is 1. The number of aromatic nitrogens is 1. The Bertz CT molecular complexity index is 1050. The molecule has 3 fully saturated rings. The lowest BCUT2D eigenvalue weighted by Crippen LogP contribution is -2.49. The third kappa shape index (κ3) is 4.85. The zero-order valence-electron chi connectivity index (χ0n) is 20.9. The molecular formula is C25H34F3N5O4. The summed E-state index contributed by atoms with van der Waals surface area (Å²) in [4.78, 5) is 21.6. The molecule has 1 saturated carbocycles. The molecule has 0 spiro atoms. The second-order valence-electron chi connectivity index (χ2n) is 10.9. The number of carbonyl (C=O) groups excluding carboxylic acids is 1. The third-order valence-corrected chi connectivity index (χ3v) is 8.85. The zero-order valence-corrected chi connectivity index (χ0v) is 20.9. The van der Waals surface area contributed by atoms with Crippen LogP contribution in [0.15, 0.2) is 17.4 Å². The Kier molecular flexibility index (Phi) is 6.99. The molecule has 2 saturated heterocycles. The maximum atomic E-state index is 14.2. The van der Waals surface area contributed by atoms with Crippen molar-refractivity contribution >= 4 is 11.9 Å². The Morgan fingerprint density at radius 1 is 1.41 bits per heavy atom. The number of pyridine rings is 1. The summed E-state index contributed by atoms with van der Waals surface area (Å²) >= 11 is 0. The van der Waals surface area contributed by atoms with Crippen LogP contribution in [0.1, 0.15) is 42.5 Å². The molecule has 1 aromatic heterocycles. The van der Waals surface area contributed by atoms with Crippen molar-refractivity contribution in [2.24, 2.45) is 34.1 Å². The highest BCUT2D eigenvalue weighted by atomic mass is 19.4. The molecule has 204 valence electrons. The number of fused-ring (bicyclic) bond motifs is 2. The number of likely N-dealkylation sites (tertiary alicyclic amines) is 1. The number of rotatable bonds is 4. The minimum atomic E-state index is -4.49. The predicted octanol–water partition coefficient (Wildman–Crippen LogP) is 2.46. The van der Waals surface area contributed by atoms with Crippen LogP contribution in [0, 0.1) is 23.2 Å². The van der Waals surface area contributed by atoms with Gasteiger partial charge in [0.2, 0.25) is 11.9 Å². The van der Waals surface area contributed by atoms with Gasteiger partial charge in [-0.05, 0) is 55.1 Å². The van der Waals surface area contributed by atoms with Crippen LogP contribution >= 0.6 is 0 Å². The summed E-state index contributed by atoms with van der Waals surface area (Å²) in [5.41, 5.74) is 5.42. The van der Waals surface area contributed by atoms with Gasteiger partial charge in [0, 0.05) is 58.2 Å². The largest absolute Gasteiger partial charge is 0.417 e. The fraction of sp³-hybridized carbons (Fsp3) is 0.720. The first-order valence-electron chi connectivity index (χ1n) is 12.8. The van der Waals surface area contributed by atoms with Gasteiger partial charge in [-0.2, -0.15) is 13.2 Å². The molecule has 4 aliphatic rings. The summed E-state index contributed by atoms with van der Waals surface area (Å²) in [5.74, 6) is 0.576. The van der Waals surface area contributed by atoms with Gasteiger partial charge in [-0.25, -0.2) is 0 Å². The van der Waals surface area contributed by atoms with Crippen molar-refractivity contribution in [2.45, 2.75) is 50.9 Å². The first-order chi connectivity index (χ1) is 17.6. The highest BCUT2D eigenvalue weighted by Gasteiger charge is 2.59. The van der Waals surface area contributed by atoms with Gasteiger partial charge in [0.25, 0.3) is 0 Å². The van der Waals surface area contributed by atoms with Crippen molar-refractivity contribution in [3.05, 3.63) is 29.1 Å². The first-order valence-corrected chi connectivity index (χ1v) is 12.8. The lowest BCUT2D eigenvalue weighted by molar-refractivity contribution is -0.144. The minimum absolute atomic E-state index is 0.00664. The number of carbonyl (C=O) groups is 1. The molecule has 5 rings (SSSR count). The van der Waals surface area contributed by atoms with Crippen LogP contribution in [0.5, 0.6) is 0 Å². The second-order valence-corrected chi connectivity index (χ2v) is 10.9. The number of halogens is 3. The van der Waals surface area contributed by atoms with Crippen molar-refractivity contribution in [1.29, 1.82) is 0 Å². The maximum Gasteiger partial charge on any atom is 0.417 e. The van der Waals surface area contributed by atoms with E-state index in [0.717, 1.165) is 31.5 Å². The van der Waals surface area contributed by atoms with Crippen molar-refractivity contribution in [2.75, 3.05) is 40.0 Å². The van der Waals surface area contributed by atoms with E-state index in [9.17, 15) is 23.2 Å². The van der Waals surface area contributed by atoms with E-state index in [0.29, 0.717) is 68.8 Å². The number of ether oxygens (including phenoxy) is 2. The quantitative estimate of drug-likeness (QED) is 0.269. The SMILES string of the molecule is COC1COCCC1C[C@@H]1C[C@H]2CN(/C(N)=N/O)C[C@@]2(C(=O)N2CCc3ncc(C(F)(F)F)cc3C2)C1. The minimum Gasteiger partial charge on any atom is -0.408 e. The van der Waals surface area contributed by atoms with Crippen LogP contribution in [0.2, 0.25) is 0 Å². The van der Waals surface area contributed by atoms with Gasteiger partial charge in [0.1, 0.15) is 0 Å². The lowest BCUT2D eigenvalue weighted by Gasteiger charge is -2.37. The number of oxime groups is 1. The van der Waals surface area contributed by atoms with Crippen molar-refractivity contribution in [3.8, 4) is 0 Å². The van der Waals surface area contributed by atoms with Crippen LogP contribution in [0.25, 0.3) is 0 Å². The van der Waals surface area contributed by atoms with E-state index in [1.807, 2.05) is 0 Å². The summed E-state index contributed by atoms with van der Waals surface area (Å²) in [7, 11) is 1.70. The smallest absolute Gasteiger partial charge is 0.408 e. The molecule has 1 aliphatic carbocycles. The summed E-state index contributed by atoms with van der Waals surface area (Å²) < 4.78 is 51.1. The second kappa shape index (κ2) is 9.94. The number of nitrogens with zero attached hydrogens (tertiary/aromatic N) is 4. The van der Waals surface area contributed by atoms with Crippen molar-refractivity contribution in [3.63, 3.8) is 0 Å². The number of methoxy groups -OCH3 is 1. The monoisotopic (exact) mass is 525 g/mol. The topological polar surface area (TPSA) is 114 Å². The fourth-order valence-electron chi connectivity index (χ4n) is 7.04. The number of amides is 1. The summed E-state index contributed by atoms with van der Waals surface area (Å²) in [5, 5.41) is 12.4. The number of guanidine groups is 1. The number of hydrogen-bond acceptors (Lipinski definition) is 6. The molecule has 0 bridgehead atoms. The van der Waals surface area contributed by atoms with E-state index in [-0.39, 0.29) is 30.4 Å². The van der Waals surface area contributed by atoms with E-state index >= 15 is 0 Å². The molecule has 1 amide bonds. The Labute approximate surface area is 213 Å².